The molecule has 1 aromatic heterocycles. The third-order valence-electron chi connectivity index (χ3n) is 3.81. The summed E-state index contributed by atoms with van der Waals surface area (Å²) in [5, 5.41) is 15.7. The summed E-state index contributed by atoms with van der Waals surface area (Å²) in [4.78, 5) is 48.4. The fourth-order valence-corrected chi connectivity index (χ4v) is 3.58. The van der Waals surface area contributed by atoms with Gasteiger partial charge in [-0.25, -0.2) is 0 Å². The van der Waals surface area contributed by atoms with Crippen molar-refractivity contribution < 1.29 is 58.6 Å². The van der Waals surface area contributed by atoms with Gasteiger partial charge in [-0.05, 0) is 11.4 Å². The molecule has 0 saturated carbocycles. The van der Waals surface area contributed by atoms with E-state index in [0.717, 1.165) is 16.7 Å². The largest absolute Gasteiger partial charge is 1.00 e. The molecular weight excluding hydrogens is 359 g/mol. The Morgan fingerprint density at radius 1 is 1.44 bits per heavy atom. The fourth-order valence-electron chi connectivity index (χ4n) is 2.88. The summed E-state index contributed by atoms with van der Waals surface area (Å²) >= 11 is 1.43. The minimum atomic E-state index is -1.59. The van der Waals surface area contributed by atoms with Crippen LogP contribution < -0.4 is 40.0 Å². The van der Waals surface area contributed by atoms with E-state index in [-0.39, 0.29) is 54.1 Å². The second kappa shape index (κ2) is 7.69. The van der Waals surface area contributed by atoms with Gasteiger partial charge in [-0.1, -0.05) is 6.07 Å². The number of rotatable bonds is 5. The van der Waals surface area contributed by atoms with E-state index in [2.05, 4.69) is 5.32 Å². The molecule has 3 heterocycles. The first-order chi connectivity index (χ1) is 11.4. The number of amides is 2. The summed E-state index contributed by atoms with van der Waals surface area (Å²) in [6.07, 6.45) is 0.185. The van der Waals surface area contributed by atoms with Crippen molar-refractivity contribution in [3.8, 4) is 0 Å². The molecule has 8 nitrogen and oxygen atoms in total. The molecule has 126 valence electrons. The van der Waals surface area contributed by atoms with E-state index in [4.69, 9.17) is 4.74 Å². The summed E-state index contributed by atoms with van der Waals surface area (Å²) in [5.41, 5.74) is -0.441. The standard InChI is InChI=1S/C15H14N2O6S.Na/c1-7(18)23-10-6-9-12(14(20)17(9)13(10)15(21)22)16-11(19)5-8-3-2-4-24-8;/h2-4,9,12H,5-6H2,1H3,(H,16,19)(H,21,22);/q;+1/p-1. The molecule has 0 spiro atoms. The van der Waals surface area contributed by atoms with Crippen molar-refractivity contribution in [3.63, 3.8) is 0 Å². The van der Waals surface area contributed by atoms with E-state index in [1.54, 1.807) is 0 Å². The van der Waals surface area contributed by atoms with Gasteiger partial charge in [-0.2, -0.15) is 0 Å². The molecule has 2 aliphatic heterocycles. The van der Waals surface area contributed by atoms with Crippen molar-refractivity contribution >= 4 is 35.1 Å². The van der Waals surface area contributed by atoms with E-state index >= 15 is 0 Å². The summed E-state index contributed by atoms with van der Waals surface area (Å²) in [6, 6.07) is 2.22. The van der Waals surface area contributed by atoms with E-state index in [0.29, 0.717) is 0 Å². The molecule has 1 aromatic rings. The van der Waals surface area contributed by atoms with Crippen molar-refractivity contribution in [2.75, 3.05) is 0 Å². The quantitative estimate of drug-likeness (QED) is 0.319. The van der Waals surface area contributed by atoms with Crippen LogP contribution >= 0.6 is 11.3 Å². The SMILES string of the molecule is CC(=O)OC1=C(C(=O)[O-])N2C(=O)C(NC(=O)Cc3cccs3)C2C1.[Na+]. The Balaban J connectivity index is 0.00000225. The van der Waals surface area contributed by atoms with Gasteiger partial charge >= 0.3 is 35.5 Å². The number of carboxylic acids is 1. The number of fused-ring (bicyclic) bond motifs is 1. The van der Waals surface area contributed by atoms with E-state index in [9.17, 15) is 24.3 Å². The first-order valence-electron chi connectivity index (χ1n) is 7.16. The molecule has 0 radical (unpaired) electrons. The molecule has 2 atom stereocenters. The van der Waals surface area contributed by atoms with Crippen molar-refractivity contribution in [2.45, 2.75) is 31.8 Å². The van der Waals surface area contributed by atoms with Gasteiger partial charge in [0.15, 0.2) is 0 Å². The summed E-state index contributed by atoms with van der Waals surface area (Å²) in [6.45, 7) is 1.14. The number of carboxylic acid groups (broad SMARTS) is 1. The first kappa shape index (κ1) is 19.6. The fraction of sp³-hybridized carbons (Fsp3) is 0.333. The van der Waals surface area contributed by atoms with Crippen molar-refractivity contribution in [1.29, 1.82) is 0 Å². The third kappa shape index (κ3) is 3.79. The second-order valence-electron chi connectivity index (χ2n) is 5.43. The maximum absolute atomic E-state index is 12.2. The van der Waals surface area contributed by atoms with Crippen LogP contribution in [0, 0.1) is 0 Å². The smallest absolute Gasteiger partial charge is 0.543 e. The molecule has 3 rings (SSSR count). The molecular formula is C15H13N2NaO6S. The van der Waals surface area contributed by atoms with Crippen LogP contribution in [0.25, 0.3) is 0 Å². The van der Waals surface area contributed by atoms with Gasteiger partial charge in [0, 0.05) is 18.2 Å². The Morgan fingerprint density at radius 3 is 2.72 bits per heavy atom. The Hall–Kier alpha value is -1.68. The molecule has 1 saturated heterocycles. The number of β-lactam (4-membered cyclic amide) rings is 1. The number of aliphatic carboxylic acids is 1. The Kier molecular flexibility index (Phi) is 6.04. The van der Waals surface area contributed by atoms with E-state index < -0.39 is 35.6 Å². The zero-order chi connectivity index (χ0) is 17.4. The molecule has 1 N–H and O–H groups in total. The van der Waals surface area contributed by atoms with Gasteiger partial charge in [0.05, 0.1) is 18.4 Å². The van der Waals surface area contributed by atoms with E-state index in [1.807, 2.05) is 17.5 Å². The number of ether oxygens (including phenoxy) is 1. The number of nitrogens with zero attached hydrogens (tertiary/aromatic N) is 1. The number of thiophene rings is 1. The van der Waals surface area contributed by atoms with Crippen LogP contribution in [0.1, 0.15) is 18.2 Å². The molecule has 2 unspecified atom stereocenters. The molecule has 10 heteroatoms. The summed E-state index contributed by atoms with van der Waals surface area (Å²) < 4.78 is 4.87. The van der Waals surface area contributed by atoms with Crippen LogP contribution in [0.5, 0.6) is 0 Å². The predicted octanol–water partition coefficient (Wildman–Crippen LogP) is -4.08. The predicted molar refractivity (Wildman–Crippen MR) is 79.0 cm³/mol. The van der Waals surface area contributed by atoms with Crippen LogP contribution in [0.4, 0.5) is 0 Å². The number of carbonyl (C=O) groups is 4. The molecule has 0 aromatic carbocycles. The molecule has 0 aliphatic carbocycles. The number of esters is 1. The monoisotopic (exact) mass is 372 g/mol. The van der Waals surface area contributed by atoms with Gasteiger partial charge in [0.1, 0.15) is 17.5 Å². The van der Waals surface area contributed by atoms with Crippen molar-refractivity contribution in [3.05, 3.63) is 33.8 Å². The van der Waals surface area contributed by atoms with Gasteiger partial charge in [0.2, 0.25) is 5.91 Å². The van der Waals surface area contributed by atoms with Crippen LogP contribution in [0.15, 0.2) is 29.0 Å². The third-order valence-corrected chi connectivity index (χ3v) is 4.69. The Bertz CT molecular complexity index is 760. The van der Waals surface area contributed by atoms with Gasteiger partial charge < -0.3 is 20.0 Å². The molecule has 2 amide bonds. The minimum absolute atomic E-state index is 0. The van der Waals surface area contributed by atoms with Crippen LogP contribution in [-0.2, 0) is 30.3 Å². The number of carbonyl (C=O) groups excluding carboxylic acids is 4. The maximum atomic E-state index is 12.2. The topological polar surface area (TPSA) is 116 Å². The summed E-state index contributed by atoms with van der Waals surface area (Å²) in [7, 11) is 0. The van der Waals surface area contributed by atoms with Gasteiger partial charge in [0.25, 0.3) is 5.91 Å². The zero-order valence-corrected chi connectivity index (χ0v) is 16.4. The van der Waals surface area contributed by atoms with Crippen molar-refractivity contribution in [1.82, 2.24) is 10.2 Å². The van der Waals surface area contributed by atoms with Crippen LogP contribution in [-0.4, -0.2) is 40.7 Å². The van der Waals surface area contributed by atoms with Gasteiger partial charge in [-0.3, -0.25) is 19.3 Å². The van der Waals surface area contributed by atoms with Crippen LogP contribution in [0.3, 0.4) is 0 Å². The van der Waals surface area contributed by atoms with Crippen LogP contribution in [0.2, 0.25) is 0 Å². The number of hydrogen-bond acceptors (Lipinski definition) is 7. The van der Waals surface area contributed by atoms with E-state index in [1.165, 1.54) is 11.3 Å². The zero-order valence-electron chi connectivity index (χ0n) is 13.6. The van der Waals surface area contributed by atoms with Crippen molar-refractivity contribution in [2.24, 2.45) is 0 Å². The first-order valence-corrected chi connectivity index (χ1v) is 8.04. The average molecular weight is 372 g/mol. The Labute approximate surface area is 169 Å². The average Bonchev–Trinajstić information content (AvgIpc) is 3.10. The molecule has 0 bridgehead atoms. The number of nitrogens with one attached hydrogen (secondary N) is 1. The normalized spacial score (nSPS) is 21.2. The molecule has 1 fully saturated rings. The summed E-state index contributed by atoms with van der Waals surface area (Å²) in [5.74, 6) is -3.27. The maximum Gasteiger partial charge on any atom is 1.00 e. The molecule has 25 heavy (non-hydrogen) atoms. The Morgan fingerprint density at radius 2 is 2.16 bits per heavy atom. The molecule has 2 aliphatic rings. The van der Waals surface area contributed by atoms with Gasteiger partial charge in [-0.15, -0.1) is 11.3 Å². The second-order valence-corrected chi connectivity index (χ2v) is 6.47. The number of hydrogen-bond donors (Lipinski definition) is 1. The minimum Gasteiger partial charge on any atom is -0.543 e.